The SMILES string of the molecule is Cc1sc(C(=O)NCC(N2CCNCC2)C(F)(F)F)cc1[N+](=O)[O-]. The molecule has 0 radical (unpaired) electrons. The predicted molar refractivity (Wildman–Crippen MR) is 82.3 cm³/mol. The summed E-state index contributed by atoms with van der Waals surface area (Å²) in [5.74, 6) is -0.736. The molecule has 1 aromatic rings. The van der Waals surface area contributed by atoms with Crippen molar-refractivity contribution in [2.75, 3.05) is 32.7 Å². The van der Waals surface area contributed by atoms with Gasteiger partial charge in [-0.2, -0.15) is 13.2 Å². The van der Waals surface area contributed by atoms with Crippen molar-refractivity contribution >= 4 is 22.9 Å². The molecule has 7 nitrogen and oxygen atoms in total. The Bertz CT molecular complexity index is 614. The monoisotopic (exact) mass is 366 g/mol. The van der Waals surface area contributed by atoms with Crippen LogP contribution in [0.1, 0.15) is 14.5 Å². The summed E-state index contributed by atoms with van der Waals surface area (Å²) in [5.41, 5.74) is -0.209. The number of piperazine rings is 1. The summed E-state index contributed by atoms with van der Waals surface area (Å²) in [6.45, 7) is 2.28. The van der Waals surface area contributed by atoms with Gasteiger partial charge in [0.25, 0.3) is 11.6 Å². The second-order valence-electron chi connectivity index (χ2n) is 5.36. The summed E-state index contributed by atoms with van der Waals surface area (Å²) >= 11 is 0.887. The highest BCUT2D eigenvalue weighted by Gasteiger charge is 2.43. The van der Waals surface area contributed by atoms with Crippen LogP contribution in [0.2, 0.25) is 0 Å². The molecule has 0 saturated carbocycles. The van der Waals surface area contributed by atoms with Gasteiger partial charge < -0.3 is 10.6 Å². The number of rotatable bonds is 5. The van der Waals surface area contributed by atoms with E-state index in [4.69, 9.17) is 0 Å². The van der Waals surface area contributed by atoms with Crippen LogP contribution in [0.3, 0.4) is 0 Å². The highest BCUT2D eigenvalue weighted by atomic mass is 32.1. The molecule has 0 bridgehead atoms. The van der Waals surface area contributed by atoms with E-state index >= 15 is 0 Å². The number of carbonyl (C=O) groups excluding carboxylic acids is 1. The molecule has 24 heavy (non-hydrogen) atoms. The predicted octanol–water partition coefficient (Wildman–Crippen LogP) is 1.53. The number of thiophene rings is 1. The summed E-state index contributed by atoms with van der Waals surface area (Å²) in [5, 5.41) is 16.0. The van der Waals surface area contributed by atoms with Crippen molar-refractivity contribution in [2.24, 2.45) is 0 Å². The number of hydrogen-bond acceptors (Lipinski definition) is 6. The van der Waals surface area contributed by atoms with Gasteiger partial charge in [-0.3, -0.25) is 19.8 Å². The van der Waals surface area contributed by atoms with E-state index < -0.39 is 29.6 Å². The lowest BCUT2D eigenvalue weighted by Crippen LogP contribution is -2.57. The fourth-order valence-electron chi connectivity index (χ4n) is 2.49. The first-order valence-electron chi connectivity index (χ1n) is 7.24. The van der Waals surface area contributed by atoms with E-state index in [0.717, 1.165) is 17.4 Å². The van der Waals surface area contributed by atoms with Crippen LogP contribution < -0.4 is 10.6 Å². The molecule has 1 aliphatic heterocycles. The lowest BCUT2D eigenvalue weighted by molar-refractivity contribution is -0.385. The van der Waals surface area contributed by atoms with Gasteiger partial charge in [0.1, 0.15) is 6.04 Å². The highest BCUT2D eigenvalue weighted by Crippen LogP contribution is 2.28. The number of aryl methyl sites for hydroxylation is 1. The molecule has 2 N–H and O–H groups in total. The Hall–Kier alpha value is -1.72. The van der Waals surface area contributed by atoms with Crippen molar-refractivity contribution in [1.82, 2.24) is 15.5 Å². The van der Waals surface area contributed by atoms with Crippen LogP contribution in [-0.4, -0.2) is 60.7 Å². The number of carbonyl (C=O) groups is 1. The second kappa shape index (κ2) is 7.45. The fraction of sp³-hybridized carbons (Fsp3) is 0.615. The largest absolute Gasteiger partial charge is 0.405 e. The van der Waals surface area contributed by atoms with Crippen LogP contribution in [0, 0.1) is 17.0 Å². The number of amides is 1. The highest BCUT2D eigenvalue weighted by molar-refractivity contribution is 7.14. The van der Waals surface area contributed by atoms with Crippen LogP contribution in [0.4, 0.5) is 18.9 Å². The second-order valence-corrected chi connectivity index (χ2v) is 6.62. The smallest absolute Gasteiger partial charge is 0.349 e. The zero-order valence-corrected chi connectivity index (χ0v) is 13.7. The van der Waals surface area contributed by atoms with Gasteiger partial charge in [-0.1, -0.05) is 0 Å². The lowest BCUT2D eigenvalue weighted by atomic mass is 10.2. The Morgan fingerprint density at radius 2 is 2.12 bits per heavy atom. The van der Waals surface area contributed by atoms with Crippen molar-refractivity contribution < 1.29 is 22.9 Å². The van der Waals surface area contributed by atoms with Crippen LogP contribution >= 0.6 is 11.3 Å². The van der Waals surface area contributed by atoms with Crippen molar-refractivity contribution in [2.45, 2.75) is 19.1 Å². The van der Waals surface area contributed by atoms with E-state index in [0.29, 0.717) is 18.0 Å². The van der Waals surface area contributed by atoms with Crippen LogP contribution in [-0.2, 0) is 0 Å². The normalized spacial score (nSPS) is 17.5. The zero-order valence-electron chi connectivity index (χ0n) is 12.9. The number of nitrogens with one attached hydrogen (secondary N) is 2. The molecule has 2 rings (SSSR count). The van der Waals surface area contributed by atoms with Crippen molar-refractivity contribution in [3.63, 3.8) is 0 Å². The molecule has 134 valence electrons. The first kappa shape index (κ1) is 18.6. The van der Waals surface area contributed by atoms with Crippen LogP contribution in [0.25, 0.3) is 0 Å². The molecule has 2 heterocycles. The van der Waals surface area contributed by atoms with Gasteiger partial charge in [-0.15, -0.1) is 11.3 Å². The Morgan fingerprint density at radius 3 is 2.62 bits per heavy atom. The van der Waals surface area contributed by atoms with Crippen LogP contribution in [0.5, 0.6) is 0 Å². The van der Waals surface area contributed by atoms with Crippen molar-refractivity contribution in [1.29, 1.82) is 0 Å². The molecule has 0 spiro atoms. The standard InChI is InChI=1S/C13H17F3N4O3S/c1-8-9(20(22)23)6-10(24-8)12(21)18-7-11(13(14,15)16)19-4-2-17-3-5-19/h6,11,17H,2-5,7H2,1H3,(H,18,21). The Morgan fingerprint density at radius 1 is 1.50 bits per heavy atom. The minimum atomic E-state index is -4.47. The topological polar surface area (TPSA) is 87.5 Å². The Labute approximate surface area is 140 Å². The molecule has 1 aromatic heterocycles. The quantitative estimate of drug-likeness (QED) is 0.610. The van der Waals surface area contributed by atoms with E-state index in [1.54, 1.807) is 0 Å². The average Bonchev–Trinajstić information content (AvgIpc) is 2.89. The fourth-order valence-corrected chi connectivity index (χ4v) is 3.39. The molecule has 1 atom stereocenters. The minimum Gasteiger partial charge on any atom is -0.349 e. The molecule has 0 aromatic carbocycles. The van der Waals surface area contributed by atoms with Crippen molar-refractivity contribution in [3.8, 4) is 0 Å². The molecule has 0 aliphatic carbocycles. The number of halogens is 3. The van der Waals surface area contributed by atoms with E-state index in [1.165, 1.54) is 11.8 Å². The third-order valence-corrected chi connectivity index (χ3v) is 4.78. The van der Waals surface area contributed by atoms with Gasteiger partial charge in [-0.25, -0.2) is 0 Å². The van der Waals surface area contributed by atoms with E-state index in [2.05, 4.69) is 10.6 Å². The molecule has 1 saturated heterocycles. The third-order valence-electron chi connectivity index (χ3n) is 3.74. The summed E-state index contributed by atoms with van der Waals surface area (Å²) < 4.78 is 39.7. The number of alkyl halides is 3. The van der Waals surface area contributed by atoms with E-state index in [1.807, 2.05) is 0 Å². The molecule has 1 aliphatic rings. The number of hydrogen-bond donors (Lipinski definition) is 2. The maximum atomic E-state index is 13.2. The first-order chi connectivity index (χ1) is 11.2. The zero-order chi connectivity index (χ0) is 17.9. The van der Waals surface area contributed by atoms with Crippen molar-refractivity contribution in [3.05, 3.63) is 25.9 Å². The van der Waals surface area contributed by atoms with Gasteiger partial charge in [0.15, 0.2) is 0 Å². The molecule has 1 amide bonds. The van der Waals surface area contributed by atoms with Gasteiger partial charge in [0.05, 0.1) is 14.7 Å². The Kier molecular flexibility index (Phi) is 5.78. The van der Waals surface area contributed by atoms with E-state index in [-0.39, 0.29) is 23.7 Å². The summed E-state index contributed by atoms with van der Waals surface area (Å²) in [4.78, 5) is 23.8. The first-order valence-corrected chi connectivity index (χ1v) is 8.06. The molecule has 1 fully saturated rings. The summed E-state index contributed by atoms with van der Waals surface area (Å²) in [6.07, 6.45) is -4.47. The average molecular weight is 366 g/mol. The molecular weight excluding hydrogens is 349 g/mol. The maximum absolute atomic E-state index is 13.2. The molecule has 11 heteroatoms. The van der Waals surface area contributed by atoms with Crippen LogP contribution in [0.15, 0.2) is 6.07 Å². The molecule has 1 unspecified atom stereocenters. The maximum Gasteiger partial charge on any atom is 0.405 e. The number of nitrogens with zero attached hydrogens (tertiary/aromatic N) is 2. The van der Waals surface area contributed by atoms with Gasteiger partial charge in [-0.05, 0) is 6.92 Å². The third kappa shape index (κ3) is 4.42. The van der Waals surface area contributed by atoms with E-state index in [9.17, 15) is 28.1 Å². The Balaban J connectivity index is 2.04. The minimum absolute atomic E-state index is 0.0282. The summed E-state index contributed by atoms with van der Waals surface area (Å²) in [7, 11) is 0. The van der Waals surface area contributed by atoms with Gasteiger partial charge >= 0.3 is 6.18 Å². The summed E-state index contributed by atoms with van der Waals surface area (Å²) in [6, 6.07) is -0.692. The van der Waals surface area contributed by atoms with Gasteiger partial charge in [0.2, 0.25) is 0 Å². The lowest BCUT2D eigenvalue weighted by Gasteiger charge is -2.35. The van der Waals surface area contributed by atoms with Gasteiger partial charge in [0, 0.05) is 38.8 Å². The molecular formula is C13H17F3N4O3S. The number of nitro groups is 1.